The standard InChI is InChI=1S/C20H19ClN4OS/c21-16-6-3-7-17(10-16)22-19(26)24-20-23-18(13-27-20)12-25-9-8-14-4-1-2-5-15(14)11-25/h1-7,10,13H,8-9,11-12H2,(H2,22,23,24,26). The summed E-state index contributed by atoms with van der Waals surface area (Å²) in [7, 11) is 0. The largest absolute Gasteiger partial charge is 0.325 e. The van der Waals surface area contributed by atoms with Crippen molar-refractivity contribution in [3.05, 3.63) is 75.8 Å². The molecule has 7 heteroatoms. The lowest BCUT2D eigenvalue weighted by molar-refractivity contribution is 0.243. The number of carbonyl (C=O) groups excluding carboxylic acids is 1. The van der Waals surface area contributed by atoms with E-state index in [2.05, 4.69) is 44.8 Å². The highest BCUT2D eigenvalue weighted by molar-refractivity contribution is 7.13. The zero-order chi connectivity index (χ0) is 18.6. The maximum atomic E-state index is 12.1. The van der Waals surface area contributed by atoms with E-state index in [4.69, 9.17) is 11.6 Å². The summed E-state index contributed by atoms with van der Waals surface area (Å²) in [5.74, 6) is 0. The lowest BCUT2D eigenvalue weighted by atomic mass is 10.00. The van der Waals surface area contributed by atoms with Gasteiger partial charge in [0.25, 0.3) is 0 Å². The van der Waals surface area contributed by atoms with Gasteiger partial charge in [-0.2, -0.15) is 0 Å². The van der Waals surface area contributed by atoms with Crippen molar-refractivity contribution in [1.29, 1.82) is 0 Å². The van der Waals surface area contributed by atoms with Crippen molar-refractivity contribution in [2.45, 2.75) is 19.5 Å². The molecule has 2 N–H and O–H groups in total. The average Bonchev–Trinajstić information content (AvgIpc) is 3.08. The zero-order valence-corrected chi connectivity index (χ0v) is 16.2. The average molecular weight is 399 g/mol. The molecule has 3 aromatic rings. The second-order valence-corrected chi connectivity index (χ2v) is 7.76. The van der Waals surface area contributed by atoms with Crippen molar-refractivity contribution < 1.29 is 4.79 Å². The fourth-order valence-corrected chi connectivity index (χ4v) is 4.07. The maximum Gasteiger partial charge on any atom is 0.325 e. The van der Waals surface area contributed by atoms with Crippen LogP contribution in [0.1, 0.15) is 16.8 Å². The Hall–Kier alpha value is -2.41. The number of nitrogens with zero attached hydrogens (tertiary/aromatic N) is 2. The van der Waals surface area contributed by atoms with Gasteiger partial charge >= 0.3 is 6.03 Å². The number of halogens is 1. The highest BCUT2D eigenvalue weighted by Gasteiger charge is 2.17. The van der Waals surface area contributed by atoms with Gasteiger partial charge in [0.1, 0.15) is 0 Å². The fourth-order valence-electron chi connectivity index (χ4n) is 3.18. The number of aromatic nitrogens is 1. The predicted octanol–water partition coefficient (Wildman–Crippen LogP) is 5.00. The summed E-state index contributed by atoms with van der Waals surface area (Å²) in [4.78, 5) is 19.0. The van der Waals surface area contributed by atoms with Crippen LogP contribution < -0.4 is 10.6 Å². The van der Waals surface area contributed by atoms with Gasteiger partial charge in [0.2, 0.25) is 0 Å². The molecule has 1 aromatic heterocycles. The molecule has 2 amide bonds. The first-order valence-electron chi connectivity index (χ1n) is 8.73. The lowest BCUT2D eigenvalue weighted by Gasteiger charge is -2.27. The number of anilines is 2. The third-order valence-electron chi connectivity index (χ3n) is 4.45. The number of hydrogen-bond acceptors (Lipinski definition) is 4. The van der Waals surface area contributed by atoms with Crippen LogP contribution in [0.3, 0.4) is 0 Å². The number of carbonyl (C=O) groups is 1. The molecule has 1 aliphatic rings. The molecule has 0 bridgehead atoms. The van der Waals surface area contributed by atoms with Crippen molar-refractivity contribution in [3.8, 4) is 0 Å². The summed E-state index contributed by atoms with van der Waals surface area (Å²) < 4.78 is 0. The molecule has 0 spiro atoms. The monoisotopic (exact) mass is 398 g/mol. The molecule has 0 unspecified atom stereocenters. The van der Waals surface area contributed by atoms with Crippen LogP contribution in [0, 0.1) is 0 Å². The van der Waals surface area contributed by atoms with Crippen LogP contribution in [0.25, 0.3) is 0 Å². The van der Waals surface area contributed by atoms with Gasteiger partial charge in [-0.05, 0) is 35.7 Å². The first-order chi connectivity index (χ1) is 13.2. The quantitative estimate of drug-likeness (QED) is 0.650. The Morgan fingerprint density at radius 1 is 1.15 bits per heavy atom. The molecule has 1 aliphatic heterocycles. The highest BCUT2D eigenvalue weighted by Crippen LogP contribution is 2.22. The molecular weight excluding hydrogens is 380 g/mol. The number of benzene rings is 2. The number of hydrogen-bond donors (Lipinski definition) is 2. The van der Waals surface area contributed by atoms with Crippen molar-refractivity contribution in [2.24, 2.45) is 0 Å². The summed E-state index contributed by atoms with van der Waals surface area (Å²) in [5, 5.41) is 8.69. The van der Waals surface area contributed by atoms with Gasteiger partial charge in [0.05, 0.1) is 5.69 Å². The number of nitrogens with one attached hydrogen (secondary N) is 2. The molecular formula is C20H19ClN4OS. The normalized spacial score (nSPS) is 13.8. The smallest absolute Gasteiger partial charge is 0.308 e. The zero-order valence-electron chi connectivity index (χ0n) is 14.6. The summed E-state index contributed by atoms with van der Waals surface area (Å²) in [6.45, 7) is 2.74. The number of thiazole rings is 1. The highest BCUT2D eigenvalue weighted by atomic mass is 35.5. The van der Waals surface area contributed by atoms with E-state index < -0.39 is 0 Å². The Morgan fingerprint density at radius 2 is 2.00 bits per heavy atom. The summed E-state index contributed by atoms with van der Waals surface area (Å²) in [6, 6.07) is 15.3. The van der Waals surface area contributed by atoms with Gasteiger partial charge in [-0.1, -0.05) is 41.9 Å². The Balaban J connectivity index is 1.33. The second-order valence-electron chi connectivity index (χ2n) is 6.46. The van der Waals surface area contributed by atoms with E-state index in [1.54, 1.807) is 24.3 Å². The number of urea groups is 1. The van der Waals surface area contributed by atoms with Crippen molar-refractivity contribution >= 4 is 39.8 Å². The first kappa shape index (κ1) is 18.0. The molecule has 0 fully saturated rings. The summed E-state index contributed by atoms with van der Waals surface area (Å²) in [5.41, 5.74) is 4.44. The second kappa shape index (κ2) is 8.08. The minimum Gasteiger partial charge on any atom is -0.308 e. The van der Waals surface area contributed by atoms with Crippen LogP contribution in [0.4, 0.5) is 15.6 Å². The van der Waals surface area contributed by atoms with E-state index in [9.17, 15) is 4.79 Å². The molecule has 0 aliphatic carbocycles. The third kappa shape index (κ3) is 4.66. The van der Waals surface area contributed by atoms with Crippen LogP contribution in [-0.4, -0.2) is 22.5 Å². The number of fused-ring (bicyclic) bond motifs is 1. The molecule has 0 atom stereocenters. The van der Waals surface area contributed by atoms with E-state index in [0.717, 1.165) is 31.7 Å². The fraction of sp³-hybridized carbons (Fsp3) is 0.200. The molecule has 2 heterocycles. The van der Waals surface area contributed by atoms with E-state index >= 15 is 0 Å². The molecule has 5 nitrogen and oxygen atoms in total. The van der Waals surface area contributed by atoms with E-state index in [-0.39, 0.29) is 6.03 Å². The molecule has 27 heavy (non-hydrogen) atoms. The predicted molar refractivity (Wildman–Crippen MR) is 110 cm³/mol. The van der Waals surface area contributed by atoms with Gasteiger partial charge in [0.15, 0.2) is 5.13 Å². The van der Waals surface area contributed by atoms with Gasteiger partial charge in [-0.3, -0.25) is 10.2 Å². The van der Waals surface area contributed by atoms with Gasteiger partial charge in [0, 0.05) is 35.7 Å². The maximum absolute atomic E-state index is 12.1. The van der Waals surface area contributed by atoms with E-state index in [0.29, 0.717) is 15.8 Å². The number of rotatable bonds is 4. The first-order valence-corrected chi connectivity index (χ1v) is 9.98. The molecule has 0 saturated heterocycles. The molecule has 138 valence electrons. The molecule has 0 radical (unpaired) electrons. The van der Waals surface area contributed by atoms with Crippen molar-refractivity contribution in [3.63, 3.8) is 0 Å². The van der Waals surface area contributed by atoms with Crippen LogP contribution in [0.2, 0.25) is 5.02 Å². The van der Waals surface area contributed by atoms with Crippen LogP contribution >= 0.6 is 22.9 Å². The van der Waals surface area contributed by atoms with Crippen LogP contribution in [0.5, 0.6) is 0 Å². The van der Waals surface area contributed by atoms with E-state index in [1.807, 2.05) is 5.38 Å². The van der Waals surface area contributed by atoms with Gasteiger partial charge in [-0.15, -0.1) is 11.3 Å². The molecule has 4 rings (SSSR count). The van der Waals surface area contributed by atoms with Crippen LogP contribution in [-0.2, 0) is 19.5 Å². The molecule has 0 saturated carbocycles. The number of amides is 2. The van der Waals surface area contributed by atoms with E-state index in [1.165, 1.54) is 22.5 Å². The Labute approximate surface area is 167 Å². The van der Waals surface area contributed by atoms with Gasteiger partial charge in [-0.25, -0.2) is 9.78 Å². The summed E-state index contributed by atoms with van der Waals surface area (Å²) in [6.07, 6.45) is 1.06. The third-order valence-corrected chi connectivity index (χ3v) is 5.49. The van der Waals surface area contributed by atoms with Crippen LogP contribution in [0.15, 0.2) is 53.9 Å². The SMILES string of the molecule is O=C(Nc1cccc(Cl)c1)Nc1nc(CN2CCc3ccccc3C2)cs1. The Kier molecular flexibility index (Phi) is 5.38. The molecule has 2 aromatic carbocycles. The lowest BCUT2D eigenvalue weighted by Crippen LogP contribution is -2.30. The Bertz CT molecular complexity index is 958. The van der Waals surface area contributed by atoms with Gasteiger partial charge < -0.3 is 5.32 Å². The Morgan fingerprint density at radius 3 is 2.85 bits per heavy atom. The topological polar surface area (TPSA) is 57.3 Å². The summed E-state index contributed by atoms with van der Waals surface area (Å²) >= 11 is 7.36. The minimum atomic E-state index is -0.329. The minimum absolute atomic E-state index is 0.329. The van der Waals surface area contributed by atoms with Crippen molar-refractivity contribution in [2.75, 3.05) is 17.2 Å². The van der Waals surface area contributed by atoms with Crippen molar-refractivity contribution in [1.82, 2.24) is 9.88 Å².